The molecule has 0 amide bonds. The molecule has 1 N–H and O–H groups in total. The number of halogens is 1. The Morgan fingerprint density at radius 1 is 1.28 bits per heavy atom. The van der Waals surface area contributed by atoms with E-state index >= 15 is 0 Å². The van der Waals surface area contributed by atoms with Crippen molar-refractivity contribution in [1.82, 2.24) is 5.32 Å². The lowest BCUT2D eigenvalue weighted by molar-refractivity contribution is 0.154. The minimum absolute atomic E-state index is 0.587. The van der Waals surface area contributed by atoms with Crippen LogP contribution in [0.3, 0.4) is 0 Å². The standard InChI is InChI=1S/C15H20ClNO/c16-13-3-1-2-11(8-13)15-9-17-6-4-14(15)12-5-7-18-10-12/h1-3,8,12,14-15,17H,4-7,9-10H2. The molecule has 2 heterocycles. The Morgan fingerprint density at radius 2 is 2.22 bits per heavy atom. The molecule has 2 fully saturated rings. The maximum absolute atomic E-state index is 6.13. The summed E-state index contributed by atoms with van der Waals surface area (Å²) in [5.74, 6) is 2.06. The van der Waals surface area contributed by atoms with E-state index in [0.29, 0.717) is 5.92 Å². The molecule has 2 aliphatic heterocycles. The topological polar surface area (TPSA) is 21.3 Å². The van der Waals surface area contributed by atoms with Crippen LogP contribution in [0.15, 0.2) is 24.3 Å². The van der Waals surface area contributed by atoms with Crippen molar-refractivity contribution in [3.63, 3.8) is 0 Å². The summed E-state index contributed by atoms with van der Waals surface area (Å²) in [4.78, 5) is 0. The number of hydrogen-bond acceptors (Lipinski definition) is 2. The van der Waals surface area contributed by atoms with Gasteiger partial charge in [-0.05, 0) is 54.8 Å². The molecule has 0 radical (unpaired) electrons. The van der Waals surface area contributed by atoms with Crippen molar-refractivity contribution in [3.05, 3.63) is 34.9 Å². The summed E-state index contributed by atoms with van der Waals surface area (Å²) in [6, 6.07) is 8.36. The third-order valence-electron chi connectivity index (χ3n) is 4.38. The normalized spacial score (nSPS) is 32.6. The van der Waals surface area contributed by atoms with Gasteiger partial charge in [0.25, 0.3) is 0 Å². The van der Waals surface area contributed by atoms with Gasteiger partial charge in [-0.1, -0.05) is 23.7 Å². The molecule has 18 heavy (non-hydrogen) atoms. The van der Waals surface area contributed by atoms with Crippen LogP contribution in [0.25, 0.3) is 0 Å². The average molecular weight is 266 g/mol. The van der Waals surface area contributed by atoms with E-state index < -0.39 is 0 Å². The van der Waals surface area contributed by atoms with Gasteiger partial charge in [-0.25, -0.2) is 0 Å². The molecule has 3 heteroatoms. The Balaban J connectivity index is 1.82. The Bertz CT molecular complexity index is 403. The van der Waals surface area contributed by atoms with Gasteiger partial charge in [0.15, 0.2) is 0 Å². The quantitative estimate of drug-likeness (QED) is 0.887. The molecule has 0 spiro atoms. The zero-order valence-electron chi connectivity index (χ0n) is 10.6. The molecule has 2 saturated heterocycles. The maximum atomic E-state index is 6.13. The first-order chi connectivity index (χ1) is 8.84. The smallest absolute Gasteiger partial charge is 0.0498 e. The molecule has 2 aliphatic rings. The Hall–Kier alpha value is -0.570. The highest BCUT2D eigenvalue weighted by Crippen LogP contribution is 2.38. The lowest BCUT2D eigenvalue weighted by Crippen LogP contribution is -2.38. The van der Waals surface area contributed by atoms with Crippen molar-refractivity contribution in [1.29, 1.82) is 0 Å². The fourth-order valence-electron chi connectivity index (χ4n) is 3.44. The molecule has 98 valence electrons. The van der Waals surface area contributed by atoms with Crippen LogP contribution in [0.4, 0.5) is 0 Å². The van der Waals surface area contributed by atoms with Crippen molar-refractivity contribution in [2.45, 2.75) is 18.8 Å². The summed E-state index contributed by atoms with van der Waals surface area (Å²) in [6.45, 7) is 4.10. The van der Waals surface area contributed by atoms with E-state index in [1.165, 1.54) is 18.4 Å². The van der Waals surface area contributed by atoms with Gasteiger partial charge in [0, 0.05) is 24.8 Å². The maximum Gasteiger partial charge on any atom is 0.0498 e. The van der Waals surface area contributed by atoms with Crippen LogP contribution < -0.4 is 5.32 Å². The van der Waals surface area contributed by atoms with Crippen LogP contribution >= 0.6 is 11.6 Å². The highest BCUT2D eigenvalue weighted by molar-refractivity contribution is 6.30. The number of nitrogens with one attached hydrogen (secondary N) is 1. The predicted octanol–water partition coefficient (Wildman–Crippen LogP) is 3.07. The second-order valence-electron chi connectivity index (χ2n) is 5.44. The van der Waals surface area contributed by atoms with Crippen LogP contribution in [0.2, 0.25) is 5.02 Å². The minimum atomic E-state index is 0.587. The molecule has 1 aromatic carbocycles. The van der Waals surface area contributed by atoms with Crippen molar-refractivity contribution >= 4 is 11.6 Å². The van der Waals surface area contributed by atoms with E-state index in [9.17, 15) is 0 Å². The number of ether oxygens (including phenoxy) is 1. The molecular weight excluding hydrogens is 246 g/mol. The molecule has 1 aromatic rings. The predicted molar refractivity (Wildman–Crippen MR) is 74.1 cm³/mol. The minimum Gasteiger partial charge on any atom is -0.381 e. The van der Waals surface area contributed by atoms with Crippen molar-refractivity contribution in [2.75, 3.05) is 26.3 Å². The molecule has 3 unspecified atom stereocenters. The summed E-state index contributed by atoms with van der Waals surface area (Å²) in [6.07, 6.45) is 2.48. The largest absolute Gasteiger partial charge is 0.381 e. The summed E-state index contributed by atoms with van der Waals surface area (Å²) in [7, 11) is 0. The van der Waals surface area contributed by atoms with Gasteiger partial charge in [0.1, 0.15) is 0 Å². The molecule has 3 rings (SSSR count). The third kappa shape index (κ3) is 2.56. The number of hydrogen-bond donors (Lipinski definition) is 1. The van der Waals surface area contributed by atoms with Crippen LogP contribution in [-0.2, 0) is 4.74 Å². The van der Waals surface area contributed by atoms with Crippen LogP contribution in [0, 0.1) is 11.8 Å². The fraction of sp³-hybridized carbons (Fsp3) is 0.600. The van der Waals surface area contributed by atoms with E-state index in [1.807, 2.05) is 6.07 Å². The summed E-state index contributed by atoms with van der Waals surface area (Å²) in [5.41, 5.74) is 1.38. The Morgan fingerprint density at radius 3 is 3.00 bits per heavy atom. The highest BCUT2D eigenvalue weighted by Gasteiger charge is 2.34. The van der Waals surface area contributed by atoms with Gasteiger partial charge in [0.2, 0.25) is 0 Å². The highest BCUT2D eigenvalue weighted by atomic mass is 35.5. The molecule has 0 aliphatic carbocycles. The van der Waals surface area contributed by atoms with Gasteiger partial charge >= 0.3 is 0 Å². The molecule has 2 nitrogen and oxygen atoms in total. The van der Waals surface area contributed by atoms with E-state index in [-0.39, 0.29) is 0 Å². The second kappa shape index (κ2) is 5.60. The van der Waals surface area contributed by atoms with E-state index in [4.69, 9.17) is 16.3 Å². The number of piperidine rings is 1. The molecule has 3 atom stereocenters. The lowest BCUT2D eigenvalue weighted by atomic mass is 9.74. The van der Waals surface area contributed by atoms with E-state index in [0.717, 1.165) is 43.2 Å². The average Bonchev–Trinajstić information content (AvgIpc) is 2.92. The first kappa shape index (κ1) is 12.5. The van der Waals surface area contributed by atoms with Crippen molar-refractivity contribution in [2.24, 2.45) is 11.8 Å². The van der Waals surface area contributed by atoms with Gasteiger partial charge in [0.05, 0.1) is 0 Å². The van der Waals surface area contributed by atoms with Gasteiger partial charge in [-0.2, -0.15) is 0 Å². The third-order valence-corrected chi connectivity index (χ3v) is 4.62. The summed E-state index contributed by atoms with van der Waals surface area (Å²) >= 11 is 6.13. The zero-order valence-corrected chi connectivity index (χ0v) is 11.3. The van der Waals surface area contributed by atoms with Crippen LogP contribution in [0.1, 0.15) is 24.3 Å². The van der Waals surface area contributed by atoms with Crippen molar-refractivity contribution < 1.29 is 4.74 Å². The fourth-order valence-corrected chi connectivity index (χ4v) is 3.63. The van der Waals surface area contributed by atoms with Gasteiger partial charge in [-0.15, -0.1) is 0 Å². The Labute approximate surface area is 114 Å². The molecule has 0 aromatic heterocycles. The molecular formula is C15H20ClNO. The summed E-state index contributed by atoms with van der Waals surface area (Å²) in [5, 5.41) is 4.37. The zero-order chi connectivity index (χ0) is 12.4. The molecule has 0 saturated carbocycles. The van der Waals surface area contributed by atoms with E-state index in [2.05, 4.69) is 23.5 Å². The van der Waals surface area contributed by atoms with Gasteiger partial charge in [-0.3, -0.25) is 0 Å². The SMILES string of the molecule is Clc1cccc(C2CNCCC2C2CCOC2)c1. The second-order valence-corrected chi connectivity index (χ2v) is 5.88. The first-order valence-electron chi connectivity index (χ1n) is 6.88. The van der Waals surface area contributed by atoms with Crippen LogP contribution in [-0.4, -0.2) is 26.3 Å². The molecule has 0 bridgehead atoms. The van der Waals surface area contributed by atoms with Crippen molar-refractivity contribution in [3.8, 4) is 0 Å². The first-order valence-corrected chi connectivity index (χ1v) is 7.26. The monoisotopic (exact) mass is 265 g/mol. The number of rotatable bonds is 2. The summed E-state index contributed by atoms with van der Waals surface area (Å²) < 4.78 is 5.57. The van der Waals surface area contributed by atoms with Gasteiger partial charge < -0.3 is 10.1 Å². The van der Waals surface area contributed by atoms with Crippen LogP contribution in [0.5, 0.6) is 0 Å². The number of benzene rings is 1. The van der Waals surface area contributed by atoms with E-state index in [1.54, 1.807) is 0 Å². The Kier molecular flexibility index (Phi) is 3.88. The lowest BCUT2D eigenvalue weighted by Gasteiger charge is -2.36.